The van der Waals surface area contributed by atoms with Crippen LogP contribution in [-0.2, 0) is 9.59 Å². The molecule has 1 N–H and O–H groups in total. The molecule has 0 saturated heterocycles. The highest BCUT2D eigenvalue weighted by atomic mass is 79.9. The van der Waals surface area contributed by atoms with Gasteiger partial charge < -0.3 is 10.2 Å². The van der Waals surface area contributed by atoms with Crippen molar-refractivity contribution >= 4 is 33.3 Å². The van der Waals surface area contributed by atoms with Crippen molar-refractivity contribution in [3.8, 4) is 0 Å². The molecule has 0 radical (unpaired) electrons. The van der Waals surface area contributed by atoms with Crippen molar-refractivity contribution < 1.29 is 9.59 Å². The molecule has 1 atom stereocenters. The molecule has 2 amide bonds. The van der Waals surface area contributed by atoms with Crippen molar-refractivity contribution in [2.24, 2.45) is 0 Å². The van der Waals surface area contributed by atoms with Crippen molar-refractivity contribution in [3.05, 3.63) is 76.3 Å². The van der Waals surface area contributed by atoms with E-state index in [0.717, 1.165) is 16.5 Å². The number of hydrogen-bond donors (Lipinski definition) is 1. The molecule has 27 heavy (non-hydrogen) atoms. The summed E-state index contributed by atoms with van der Waals surface area (Å²) < 4.78 is 0.966. The molecule has 1 heterocycles. The molecule has 4 nitrogen and oxygen atoms in total. The average Bonchev–Trinajstić information content (AvgIpc) is 2.68. The largest absolute Gasteiger partial charge is 0.349 e. The summed E-state index contributed by atoms with van der Waals surface area (Å²) in [5.74, 6) is -0.0827. The van der Waals surface area contributed by atoms with Gasteiger partial charge in [0.05, 0.1) is 12.5 Å². The van der Waals surface area contributed by atoms with Crippen LogP contribution in [0.3, 0.4) is 0 Å². The summed E-state index contributed by atoms with van der Waals surface area (Å²) >= 11 is 3.41. The van der Waals surface area contributed by atoms with Gasteiger partial charge in [-0.1, -0.05) is 64.5 Å². The lowest BCUT2D eigenvalue weighted by Gasteiger charge is -2.28. The van der Waals surface area contributed by atoms with Gasteiger partial charge in [-0.2, -0.15) is 0 Å². The summed E-state index contributed by atoms with van der Waals surface area (Å²) in [5.41, 5.74) is 3.43. The second-order valence-electron chi connectivity index (χ2n) is 6.69. The highest BCUT2D eigenvalue weighted by Gasteiger charge is 2.23. The lowest BCUT2D eigenvalue weighted by atomic mass is 9.98. The van der Waals surface area contributed by atoms with Gasteiger partial charge in [-0.25, -0.2) is 0 Å². The standard InChI is InChI=1S/C22H23BrN2O2/c1-16(26)24-21(19-7-9-20(23)10-8-19)15-22(27)25-13-11-18(12-14-25)17-5-3-2-4-6-17/h2-11,21H,12-15H2,1H3,(H,24,26). The number of benzene rings is 2. The Morgan fingerprint density at radius 1 is 1.11 bits per heavy atom. The molecular weight excluding hydrogens is 404 g/mol. The van der Waals surface area contributed by atoms with Crippen LogP contribution >= 0.6 is 15.9 Å². The van der Waals surface area contributed by atoms with Crippen molar-refractivity contribution in [2.75, 3.05) is 13.1 Å². The van der Waals surface area contributed by atoms with E-state index in [2.05, 4.69) is 39.5 Å². The summed E-state index contributed by atoms with van der Waals surface area (Å²) in [6.45, 7) is 2.79. The fraction of sp³-hybridized carbons (Fsp3) is 0.273. The maximum atomic E-state index is 12.8. The summed E-state index contributed by atoms with van der Waals surface area (Å²) in [6.07, 6.45) is 3.23. The maximum Gasteiger partial charge on any atom is 0.225 e. The molecule has 140 valence electrons. The van der Waals surface area contributed by atoms with E-state index in [1.54, 1.807) is 0 Å². The first-order valence-corrected chi connectivity index (χ1v) is 9.87. The molecule has 0 bridgehead atoms. The van der Waals surface area contributed by atoms with Gasteiger partial charge in [0.1, 0.15) is 0 Å². The first-order chi connectivity index (χ1) is 13.0. The van der Waals surface area contributed by atoms with Crippen LogP contribution in [0.1, 0.15) is 36.9 Å². The molecule has 3 rings (SSSR count). The third-order valence-corrected chi connectivity index (χ3v) is 5.26. The molecule has 0 aromatic heterocycles. The highest BCUT2D eigenvalue weighted by molar-refractivity contribution is 9.10. The Morgan fingerprint density at radius 3 is 2.41 bits per heavy atom. The molecule has 1 unspecified atom stereocenters. The van der Waals surface area contributed by atoms with E-state index in [9.17, 15) is 9.59 Å². The SMILES string of the molecule is CC(=O)NC(CC(=O)N1CC=C(c2ccccc2)CC1)c1ccc(Br)cc1. The van der Waals surface area contributed by atoms with Gasteiger partial charge in [0.15, 0.2) is 0 Å². The van der Waals surface area contributed by atoms with Gasteiger partial charge in [-0.3, -0.25) is 9.59 Å². The Kier molecular flexibility index (Phi) is 6.45. The fourth-order valence-electron chi connectivity index (χ4n) is 3.31. The normalized spacial score (nSPS) is 15.0. The van der Waals surface area contributed by atoms with E-state index >= 15 is 0 Å². The van der Waals surface area contributed by atoms with Crippen molar-refractivity contribution in [3.63, 3.8) is 0 Å². The number of carbonyl (C=O) groups excluding carboxylic acids is 2. The van der Waals surface area contributed by atoms with Crippen molar-refractivity contribution in [1.82, 2.24) is 10.2 Å². The molecular formula is C22H23BrN2O2. The number of carbonyl (C=O) groups is 2. The summed E-state index contributed by atoms with van der Waals surface area (Å²) in [6, 6.07) is 17.7. The topological polar surface area (TPSA) is 49.4 Å². The second-order valence-corrected chi connectivity index (χ2v) is 7.61. The third kappa shape index (κ3) is 5.30. The maximum absolute atomic E-state index is 12.8. The monoisotopic (exact) mass is 426 g/mol. The van der Waals surface area contributed by atoms with Crippen LogP contribution in [0.2, 0.25) is 0 Å². The first kappa shape index (κ1) is 19.4. The Morgan fingerprint density at radius 2 is 1.81 bits per heavy atom. The van der Waals surface area contributed by atoms with E-state index in [1.165, 1.54) is 18.1 Å². The Labute approximate surface area is 168 Å². The third-order valence-electron chi connectivity index (χ3n) is 4.74. The quantitative estimate of drug-likeness (QED) is 0.772. The number of nitrogens with one attached hydrogen (secondary N) is 1. The van der Waals surface area contributed by atoms with Crippen LogP contribution < -0.4 is 5.32 Å². The molecule has 2 aromatic carbocycles. The molecule has 1 aliphatic heterocycles. The molecule has 0 saturated carbocycles. The van der Waals surface area contributed by atoms with Crippen molar-refractivity contribution in [1.29, 1.82) is 0 Å². The summed E-state index contributed by atoms with van der Waals surface area (Å²) in [7, 11) is 0. The van der Waals surface area contributed by atoms with Crippen LogP contribution in [0.15, 0.2) is 65.1 Å². The lowest BCUT2D eigenvalue weighted by Crippen LogP contribution is -2.38. The van der Waals surface area contributed by atoms with E-state index in [0.29, 0.717) is 13.1 Å². The molecule has 0 aliphatic carbocycles. The van der Waals surface area contributed by atoms with Gasteiger partial charge in [0, 0.05) is 24.5 Å². The molecule has 2 aromatic rings. The van der Waals surface area contributed by atoms with Gasteiger partial charge in [0.2, 0.25) is 11.8 Å². The lowest BCUT2D eigenvalue weighted by molar-refractivity contribution is -0.131. The summed E-state index contributed by atoms with van der Waals surface area (Å²) in [5, 5.41) is 2.90. The van der Waals surface area contributed by atoms with Crippen LogP contribution in [0.25, 0.3) is 5.57 Å². The van der Waals surface area contributed by atoms with E-state index in [4.69, 9.17) is 0 Å². The zero-order valence-electron chi connectivity index (χ0n) is 15.3. The predicted octanol–water partition coefficient (Wildman–Crippen LogP) is 4.33. The zero-order chi connectivity index (χ0) is 19.2. The Balaban J connectivity index is 1.66. The Hall–Kier alpha value is -2.40. The van der Waals surface area contributed by atoms with Gasteiger partial charge in [0.25, 0.3) is 0 Å². The smallest absolute Gasteiger partial charge is 0.225 e. The number of halogens is 1. The Bertz CT molecular complexity index is 831. The minimum atomic E-state index is -0.317. The van der Waals surface area contributed by atoms with Gasteiger partial charge >= 0.3 is 0 Å². The van der Waals surface area contributed by atoms with E-state index < -0.39 is 0 Å². The fourth-order valence-corrected chi connectivity index (χ4v) is 3.57. The number of hydrogen-bond acceptors (Lipinski definition) is 2. The van der Waals surface area contributed by atoms with Crippen LogP contribution in [0.5, 0.6) is 0 Å². The van der Waals surface area contributed by atoms with Crippen LogP contribution in [0.4, 0.5) is 0 Å². The number of amides is 2. The molecule has 5 heteroatoms. The van der Waals surface area contributed by atoms with E-state index in [-0.39, 0.29) is 24.3 Å². The van der Waals surface area contributed by atoms with E-state index in [1.807, 2.05) is 47.4 Å². The minimum Gasteiger partial charge on any atom is -0.349 e. The van der Waals surface area contributed by atoms with Crippen molar-refractivity contribution in [2.45, 2.75) is 25.8 Å². The van der Waals surface area contributed by atoms with Gasteiger partial charge in [-0.05, 0) is 35.3 Å². The summed E-state index contributed by atoms with van der Waals surface area (Å²) in [4.78, 5) is 26.3. The van der Waals surface area contributed by atoms with Crippen LogP contribution in [0, 0.1) is 0 Å². The zero-order valence-corrected chi connectivity index (χ0v) is 16.9. The predicted molar refractivity (Wildman–Crippen MR) is 111 cm³/mol. The molecule has 0 spiro atoms. The highest BCUT2D eigenvalue weighted by Crippen LogP contribution is 2.25. The second kappa shape index (κ2) is 9.00. The minimum absolute atomic E-state index is 0.0556. The van der Waals surface area contributed by atoms with Crippen LogP contribution in [-0.4, -0.2) is 29.8 Å². The average molecular weight is 427 g/mol. The molecule has 1 aliphatic rings. The van der Waals surface area contributed by atoms with Gasteiger partial charge in [-0.15, -0.1) is 0 Å². The first-order valence-electron chi connectivity index (χ1n) is 9.07. The molecule has 0 fully saturated rings. The number of nitrogens with zero attached hydrogens (tertiary/aromatic N) is 1. The number of rotatable bonds is 5.